The van der Waals surface area contributed by atoms with Crippen molar-refractivity contribution < 1.29 is 216 Å². The summed E-state index contributed by atoms with van der Waals surface area (Å²) in [5.41, 5.74) is 59.1. The van der Waals surface area contributed by atoms with Crippen LogP contribution in [-0.2, 0) is 155 Å². The Morgan fingerprint density at radius 2 is 0.307 bits per heavy atom. The first-order valence-electron chi connectivity index (χ1n) is 38.0. The maximum absolute atomic E-state index is 10.5. The largest absolute Gasteiger partial charge is 0.512 e. The molecular weight excluding hydrogens is 2560 g/mol. The van der Waals surface area contributed by atoms with Crippen LogP contribution < -0.4 is 68.8 Å². The number of hydrogen-bond donors (Lipinski definition) is 24. The molecule has 2 unspecified atom stereocenters. The number of aliphatic hydroxyl groups excluding tert-OH is 6. The van der Waals surface area contributed by atoms with E-state index < -0.39 is 68.3 Å². The van der Waals surface area contributed by atoms with Crippen molar-refractivity contribution in [3.05, 3.63) is 74.0 Å². The van der Waals surface area contributed by atoms with Gasteiger partial charge in [-0.3, -0.25) is 28.8 Å². The van der Waals surface area contributed by atoms with Crippen LogP contribution in [0.25, 0.3) is 0 Å². The van der Waals surface area contributed by atoms with Crippen LogP contribution in [0.4, 0.5) is 0 Å². The SMILES string of the molecule is C=C(O)C1(C(=O)O)CCC1.C=C(O)C1(C(=O)O)CCC1.C=C(O)C1(C(=O)O)CCC1.C=C(O)C1(C(=O)O)CCC1.C=C(O)C1(C(=O)O)CCC1.C=C(O)C1(C(=O)O)CCC1.CC(C)CC(N)CN.CC(C)CC(N)CN.CC(C)C[C@@H](N)CN.CC(C)C[C@@H](N)CN.CC(C)C[C@H](N)CN.CC(C)C[C@H](N)CN.[Pt].[Pt].[Pt].[Pt].[Pt].[Pt]. The molecule has 0 aromatic rings. The summed E-state index contributed by atoms with van der Waals surface area (Å²) in [7, 11) is 0. The fourth-order valence-corrected chi connectivity index (χ4v) is 11.1. The first-order chi connectivity index (χ1) is 49.5. The molecule has 6 fully saturated rings. The van der Waals surface area contributed by atoms with E-state index in [2.05, 4.69) is 123 Å². The van der Waals surface area contributed by atoms with Crippen molar-refractivity contribution in [1.82, 2.24) is 0 Å². The third-order valence-corrected chi connectivity index (χ3v) is 19.5. The molecule has 6 aliphatic rings. The fraction of sp³-hybridized carbons (Fsp3) is 0.769. The van der Waals surface area contributed by atoms with Crippen LogP contribution >= 0.6 is 0 Å². The first kappa shape index (κ1) is 138. The molecule has 696 valence electrons. The smallest absolute Gasteiger partial charge is 0.317 e. The molecule has 0 saturated heterocycles. The van der Waals surface area contributed by atoms with Gasteiger partial charge in [-0.05, 0) is 151 Å². The predicted molar refractivity (Wildman–Crippen MR) is 433 cm³/mol. The van der Waals surface area contributed by atoms with Gasteiger partial charge in [-0.25, -0.2) is 0 Å². The van der Waals surface area contributed by atoms with E-state index in [4.69, 9.17) is 130 Å². The summed E-state index contributed by atoms with van der Waals surface area (Å²) in [6, 6.07) is 1.22. The normalized spacial score (nSPS) is 17.3. The van der Waals surface area contributed by atoms with E-state index >= 15 is 0 Å². The van der Waals surface area contributed by atoms with Crippen molar-refractivity contribution in [2.24, 2.45) is 137 Å². The van der Waals surface area contributed by atoms with Gasteiger partial charge in [0.25, 0.3) is 0 Å². The van der Waals surface area contributed by atoms with Gasteiger partial charge in [0.2, 0.25) is 0 Å². The Bertz CT molecular complexity index is 2100. The molecule has 0 bridgehead atoms. The summed E-state index contributed by atoms with van der Waals surface area (Å²) in [6.07, 6.45) is 17.7. The molecule has 6 rings (SSSR count). The number of carboxylic acids is 6. The number of hydrogen-bond acceptors (Lipinski definition) is 24. The third kappa shape index (κ3) is 54.9. The molecule has 0 spiro atoms. The Kier molecular flexibility index (Phi) is 87.4. The van der Waals surface area contributed by atoms with Crippen LogP contribution in [0.5, 0.6) is 0 Å². The van der Waals surface area contributed by atoms with Crippen LogP contribution in [0, 0.1) is 68.0 Å². The molecule has 0 aliphatic heterocycles. The summed E-state index contributed by atoms with van der Waals surface area (Å²) in [5, 5.41) is 105. The third-order valence-electron chi connectivity index (χ3n) is 19.5. The van der Waals surface area contributed by atoms with E-state index in [1.807, 2.05) is 0 Å². The minimum absolute atomic E-state index is 0. The Morgan fingerprint density at radius 3 is 0.316 bits per heavy atom. The molecule has 0 amide bonds. The average molecular weight is 2720 g/mol. The molecule has 6 aliphatic carbocycles. The standard InChI is InChI=1S/6C7H10O3.6C6H16N2.6Pt/c6*1-5(8)7(6(9)10)3-2-4-7;6*1-5(2)3-6(8)4-7;;;;;;/h6*8H,1-4H2,(H,9,10);6*5-6H,3-4,7-8H2,1-2H3;;;;;;/t;;;;;;4*6-;;;;;;;;/m......1100......../s1. The number of nitrogens with two attached hydrogens (primary N) is 12. The zero-order valence-corrected chi connectivity index (χ0v) is 83.7. The quantitative estimate of drug-likeness (QED) is 0.0297. The van der Waals surface area contributed by atoms with E-state index in [0.29, 0.717) is 152 Å². The fourth-order valence-electron chi connectivity index (χ4n) is 11.1. The van der Waals surface area contributed by atoms with Crippen molar-refractivity contribution in [1.29, 1.82) is 0 Å². The van der Waals surface area contributed by atoms with Crippen molar-refractivity contribution in [3.8, 4) is 0 Å². The second-order valence-corrected chi connectivity index (χ2v) is 31.9. The molecule has 6 saturated carbocycles. The number of carbonyl (C=O) groups is 6. The van der Waals surface area contributed by atoms with Crippen molar-refractivity contribution in [2.75, 3.05) is 39.3 Å². The van der Waals surface area contributed by atoms with Crippen LogP contribution in [0.1, 0.15) is 237 Å². The topological polar surface area (TPSA) is 657 Å². The molecule has 0 radical (unpaired) electrons. The number of carboxylic acid groups (broad SMARTS) is 6. The minimum atomic E-state index is -1.00. The van der Waals surface area contributed by atoms with Gasteiger partial charge >= 0.3 is 35.8 Å². The molecular formula is C78H156N12O18Pt6. The van der Waals surface area contributed by atoms with Gasteiger partial charge in [-0.2, -0.15) is 0 Å². The molecule has 114 heavy (non-hydrogen) atoms. The first-order valence-corrected chi connectivity index (χ1v) is 38.0. The van der Waals surface area contributed by atoms with Gasteiger partial charge in [0.15, 0.2) is 0 Å². The number of aliphatic hydroxyl groups is 6. The van der Waals surface area contributed by atoms with E-state index in [0.717, 1.165) is 77.0 Å². The Labute approximate surface area is 769 Å². The average Bonchev–Trinajstić information content (AvgIpc) is 0.833. The molecule has 0 heterocycles. The summed E-state index contributed by atoms with van der Waals surface area (Å²) in [6.45, 7) is 48.9. The van der Waals surface area contributed by atoms with E-state index in [1.165, 1.54) is 0 Å². The second-order valence-electron chi connectivity index (χ2n) is 31.9. The number of rotatable bonds is 30. The van der Waals surface area contributed by atoms with Gasteiger partial charge in [-0.15, -0.1) is 0 Å². The van der Waals surface area contributed by atoms with Gasteiger partial charge < -0.3 is 130 Å². The van der Waals surface area contributed by atoms with Crippen LogP contribution in [0.3, 0.4) is 0 Å². The van der Waals surface area contributed by atoms with Gasteiger partial charge in [0.05, 0.1) is 0 Å². The predicted octanol–water partition coefficient (Wildman–Crippen LogP) is 9.77. The van der Waals surface area contributed by atoms with Crippen molar-refractivity contribution in [3.63, 3.8) is 0 Å². The Morgan fingerprint density at radius 1 is 0.228 bits per heavy atom. The summed E-state index contributed by atoms with van der Waals surface area (Å²) < 4.78 is 0. The summed E-state index contributed by atoms with van der Waals surface area (Å²) >= 11 is 0. The number of aliphatic carboxylic acids is 6. The van der Waals surface area contributed by atoms with Crippen molar-refractivity contribution in [2.45, 2.75) is 273 Å². The van der Waals surface area contributed by atoms with E-state index in [1.54, 1.807) is 0 Å². The van der Waals surface area contributed by atoms with Crippen LogP contribution in [0.2, 0.25) is 0 Å². The van der Waals surface area contributed by atoms with Gasteiger partial charge in [0.1, 0.15) is 67.0 Å². The Hall–Kier alpha value is -2.29. The van der Waals surface area contributed by atoms with Crippen LogP contribution in [0.15, 0.2) is 74.0 Å². The molecule has 30 nitrogen and oxygen atoms in total. The van der Waals surface area contributed by atoms with E-state index in [-0.39, 0.29) is 197 Å². The van der Waals surface area contributed by atoms with Gasteiger partial charge in [-0.1, -0.05) is 161 Å². The van der Waals surface area contributed by atoms with Crippen LogP contribution in [-0.4, -0.2) is 173 Å². The van der Waals surface area contributed by atoms with E-state index in [9.17, 15) is 28.8 Å². The molecule has 36 N–H and O–H groups in total. The Balaban J connectivity index is -0.0000000993. The second kappa shape index (κ2) is 72.4. The molecule has 0 aromatic carbocycles. The zero-order chi connectivity index (χ0) is 86.1. The monoisotopic (exact) mass is 2720 g/mol. The molecule has 6 atom stereocenters. The maximum atomic E-state index is 10.5. The summed E-state index contributed by atoms with van der Waals surface area (Å²) in [4.78, 5) is 63.1. The molecule has 0 aromatic heterocycles. The van der Waals surface area contributed by atoms with Gasteiger partial charge in [0, 0.05) is 202 Å². The minimum Gasteiger partial charge on any atom is -0.512 e. The summed E-state index contributed by atoms with van der Waals surface area (Å²) in [5.74, 6) is -2.88. The van der Waals surface area contributed by atoms with Crippen molar-refractivity contribution >= 4 is 35.8 Å². The maximum Gasteiger partial charge on any atom is 0.317 e. The molecule has 36 heteroatoms. The zero-order valence-electron chi connectivity index (χ0n) is 70.0.